The molecule has 4 amide bonds. The van der Waals surface area contributed by atoms with E-state index in [-0.39, 0.29) is 65.9 Å². The SMILES string of the molecule is CC[C@H](C)[C@@H]([C@@H](CC(=O)N1CCC[C@H]1[C@H](OC)[C@@H](C)C(=O)N[C@@H](Cc1ccccc1)C1NC=CS1)OC)N(C)C(=O)CNC(=O)[C@H](C(C)C)N(C)CCc1ccc(N)cc1. The van der Waals surface area contributed by atoms with E-state index in [0.29, 0.717) is 31.6 Å². The van der Waals surface area contributed by atoms with Crippen LogP contribution < -0.4 is 21.7 Å². The van der Waals surface area contributed by atoms with E-state index in [9.17, 15) is 19.2 Å². The summed E-state index contributed by atoms with van der Waals surface area (Å²) in [4.78, 5) is 61.1. The fourth-order valence-electron chi connectivity index (χ4n) is 8.78. The molecular weight excluding hydrogens is 779 g/mol. The van der Waals surface area contributed by atoms with Crippen molar-refractivity contribution in [2.45, 2.75) is 115 Å². The molecule has 13 nitrogen and oxygen atoms in total. The number of nitrogens with two attached hydrogens (primary N) is 1. The molecule has 332 valence electrons. The second kappa shape index (κ2) is 23.8. The Kier molecular flexibility index (Phi) is 19.2. The van der Waals surface area contributed by atoms with Crippen LogP contribution in [0.15, 0.2) is 66.2 Å². The normalized spacial score (nSPS) is 19.9. The lowest BCUT2D eigenvalue weighted by molar-refractivity contribution is -0.146. The highest BCUT2D eigenvalue weighted by atomic mass is 32.2. The summed E-state index contributed by atoms with van der Waals surface area (Å²) < 4.78 is 12.1. The maximum Gasteiger partial charge on any atom is 0.242 e. The molecule has 0 radical (unpaired) electrons. The molecule has 60 heavy (non-hydrogen) atoms. The maximum absolute atomic E-state index is 14.3. The molecule has 9 atom stereocenters. The number of likely N-dealkylation sites (N-methyl/N-ethyl adjacent to an activating group) is 2. The molecule has 2 aliphatic heterocycles. The Bertz CT molecular complexity index is 1690. The summed E-state index contributed by atoms with van der Waals surface area (Å²) in [5.41, 5.74) is 8.82. The summed E-state index contributed by atoms with van der Waals surface area (Å²) in [5.74, 6) is -1.23. The van der Waals surface area contributed by atoms with Crippen molar-refractivity contribution >= 4 is 41.1 Å². The summed E-state index contributed by atoms with van der Waals surface area (Å²) in [7, 11) is 6.83. The summed E-state index contributed by atoms with van der Waals surface area (Å²) in [6.07, 6.45) is 4.48. The minimum Gasteiger partial charge on any atom is -0.399 e. The summed E-state index contributed by atoms with van der Waals surface area (Å²) in [6.45, 7) is 11.0. The van der Waals surface area contributed by atoms with Gasteiger partial charge in [-0.25, -0.2) is 0 Å². The number of rotatable bonds is 23. The Morgan fingerprint density at radius 1 is 0.967 bits per heavy atom. The lowest BCUT2D eigenvalue weighted by atomic mass is 9.90. The number of amides is 4. The van der Waals surface area contributed by atoms with Crippen LogP contribution in [0.3, 0.4) is 0 Å². The van der Waals surface area contributed by atoms with Crippen molar-refractivity contribution in [3.05, 3.63) is 77.3 Å². The highest BCUT2D eigenvalue weighted by Crippen LogP contribution is 2.30. The highest BCUT2D eigenvalue weighted by Gasteiger charge is 2.42. The Hall–Kier alpha value is -4.11. The number of nitrogens with one attached hydrogen (secondary N) is 3. The quantitative estimate of drug-likeness (QED) is 0.116. The van der Waals surface area contributed by atoms with Gasteiger partial charge in [-0.2, -0.15) is 0 Å². The zero-order valence-electron chi connectivity index (χ0n) is 37.3. The van der Waals surface area contributed by atoms with Crippen molar-refractivity contribution in [2.75, 3.05) is 53.7 Å². The first kappa shape index (κ1) is 48.6. The van der Waals surface area contributed by atoms with Crippen LogP contribution in [0.25, 0.3) is 0 Å². The van der Waals surface area contributed by atoms with Gasteiger partial charge in [-0.1, -0.05) is 83.5 Å². The van der Waals surface area contributed by atoms with Crippen LogP contribution in [-0.4, -0.2) is 128 Å². The zero-order valence-corrected chi connectivity index (χ0v) is 38.1. The second-order valence-electron chi connectivity index (χ2n) is 16.9. The molecule has 2 aromatic carbocycles. The van der Waals surface area contributed by atoms with Gasteiger partial charge in [0.15, 0.2) is 0 Å². The van der Waals surface area contributed by atoms with Crippen molar-refractivity contribution < 1.29 is 28.7 Å². The number of anilines is 1. The fourth-order valence-corrected chi connectivity index (χ4v) is 9.62. The molecule has 0 saturated carbocycles. The first-order chi connectivity index (χ1) is 28.7. The number of hydrogen-bond donors (Lipinski definition) is 4. The van der Waals surface area contributed by atoms with Crippen molar-refractivity contribution in [3.8, 4) is 0 Å². The molecular formula is C46H71N7O6S. The first-order valence-electron chi connectivity index (χ1n) is 21.5. The fraction of sp³-hybridized carbons (Fsp3) is 0.609. The predicted molar refractivity (Wildman–Crippen MR) is 241 cm³/mol. The van der Waals surface area contributed by atoms with Gasteiger partial charge in [-0.15, -0.1) is 11.8 Å². The minimum absolute atomic E-state index is 0.00670. The van der Waals surface area contributed by atoms with Crippen LogP contribution in [0.4, 0.5) is 5.69 Å². The zero-order chi connectivity index (χ0) is 43.9. The van der Waals surface area contributed by atoms with Gasteiger partial charge in [0.25, 0.3) is 0 Å². The van der Waals surface area contributed by atoms with E-state index in [1.165, 1.54) is 0 Å². The summed E-state index contributed by atoms with van der Waals surface area (Å²) >= 11 is 1.64. The third-order valence-corrected chi connectivity index (χ3v) is 13.4. The number of thioether (sulfide) groups is 1. The molecule has 0 bridgehead atoms. The van der Waals surface area contributed by atoms with Gasteiger partial charge in [0, 0.05) is 46.2 Å². The summed E-state index contributed by atoms with van der Waals surface area (Å²) in [6, 6.07) is 16.5. The van der Waals surface area contributed by atoms with E-state index in [1.54, 1.807) is 37.9 Å². The van der Waals surface area contributed by atoms with Crippen LogP contribution in [0.5, 0.6) is 0 Å². The number of benzene rings is 2. The number of likely N-dealkylation sites (tertiary alicyclic amines) is 1. The minimum atomic E-state index is -0.605. The van der Waals surface area contributed by atoms with Gasteiger partial charge in [0.05, 0.1) is 60.6 Å². The molecule has 2 aromatic rings. The van der Waals surface area contributed by atoms with Crippen LogP contribution in [0, 0.1) is 17.8 Å². The molecule has 1 saturated heterocycles. The van der Waals surface area contributed by atoms with E-state index < -0.39 is 30.2 Å². The Morgan fingerprint density at radius 2 is 1.67 bits per heavy atom. The molecule has 0 spiro atoms. The number of nitrogen functional groups attached to an aromatic ring is 1. The number of hydrogen-bond acceptors (Lipinski definition) is 10. The second-order valence-corrected chi connectivity index (χ2v) is 17.9. The Labute approximate surface area is 362 Å². The van der Waals surface area contributed by atoms with Gasteiger partial charge < -0.3 is 41.0 Å². The Balaban J connectivity index is 1.39. The highest BCUT2D eigenvalue weighted by molar-refractivity contribution is 8.03. The maximum atomic E-state index is 14.3. The van der Waals surface area contributed by atoms with Gasteiger partial charge in [0.2, 0.25) is 23.6 Å². The van der Waals surface area contributed by atoms with E-state index in [1.807, 2.05) is 98.6 Å². The monoisotopic (exact) mass is 850 g/mol. The van der Waals surface area contributed by atoms with E-state index >= 15 is 0 Å². The standard InChI is InChI=1S/C46H71N7O6S/c1-10-31(4)42(52(7)40(55)29-49-45(57)41(30(2)3)51(6)25-22-33-18-20-35(47)21-19-33)38(58-8)28-39(54)53-24-14-17-37(53)43(59-9)32(5)44(56)50-36(46-48-23-26-60-46)27-34-15-12-11-13-16-34/h11-13,15-16,18-21,23,26,30-32,36-38,41-43,46,48H,10,14,17,22,24-25,27-29,47H2,1-9H3,(H,49,57)(H,50,56)/t31-,32+,36-,37-,38+,41-,42-,43+,46?/m0/s1. The lowest BCUT2D eigenvalue weighted by Gasteiger charge is -2.39. The van der Waals surface area contributed by atoms with Crippen LogP contribution in [0.1, 0.15) is 71.4 Å². The smallest absolute Gasteiger partial charge is 0.242 e. The number of ether oxygens (including phenoxy) is 2. The van der Waals surface area contributed by atoms with Crippen LogP contribution in [-0.2, 0) is 41.5 Å². The van der Waals surface area contributed by atoms with Crippen LogP contribution in [0.2, 0.25) is 0 Å². The van der Waals surface area contributed by atoms with Gasteiger partial charge in [0.1, 0.15) is 0 Å². The van der Waals surface area contributed by atoms with Gasteiger partial charge in [-0.3, -0.25) is 24.1 Å². The molecule has 5 N–H and O–H groups in total. The van der Waals surface area contributed by atoms with Gasteiger partial charge >= 0.3 is 0 Å². The summed E-state index contributed by atoms with van der Waals surface area (Å²) in [5, 5.41) is 11.6. The van der Waals surface area contributed by atoms with Crippen LogP contribution >= 0.6 is 11.8 Å². The average molecular weight is 850 g/mol. The molecule has 0 aromatic heterocycles. The average Bonchev–Trinajstić information content (AvgIpc) is 3.96. The molecule has 2 aliphatic rings. The lowest BCUT2D eigenvalue weighted by Crippen LogP contribution is -2.56. The Morgan fingerprint density at radius 3 is 2.27 bits per heavy atom. The number of carbonyl (C=O) groups is 4. The van der Waals surface area contributed by atoms with Crippen molar-refractivity contribution in [2.24, 2.45) is 17.8 Å². The molecule has 14 heteroatoms. The predicted octanol–water partition coefficient (Wildman–Crippen LogP) is 4.67. The molecule has 1 unspecified atom stereocenters. The molecule has 1 fully saturated rings. The molecule has 0 aliphatic carbocycles. The van der Waals surface area contributed by atoms with Gasteiger partial charge in [-0.05, 0) is 73.2 Å². The number of carbonyl (C=O) groups excluding carboxylic acids is 4. The molecule has 4 rings (SSSR count). The third kappa shape index (κ3) is 13.2. The number of nitrogens with zero attached hydrogens (tertiary/aromatic N) is 3. The first-order valence-corrected chi connectivity index (χ1v) is 22.5. The third-order valence-electron chi connectivity index (χ3n) is 12.4. The van der Waals surface area contributed by atoms with E-state index in [0.717, 1.165) is 30.4 Å². The largest absolute Gasteiger partial charge is 0.399 e. The topological polar surface area (TPSA) is 159 Å². The van der Waals surface area contributed by atoms with Crippen molar-refractivity contribution in [1.29, 1.82) is 0 Å². The van der Waals surface area contributed by atoms with E-state index in [4.69, 9.17) is 15.2 Å². The van der Waals surface area contributed by atoms with E-state index in [2.05, 4.69) is 35.0 Å². The molecule has 2 heterocycles. The van der Waals surface area contributed by atoms with Crippen molar-refractivity contribution in [1.82, 2.24) is 30.7 Å². The van der Waals surface area contributed by atoms with Crippen molar-refractivity contribution in [3.63, 3.8) is 0 Å². The number of methoxy groups -OCH3 is 2.